The Morgan fingerprint density at radius 3 is 2.57 bits per heavy atom. The van der Waals surface area contributed by atoms with E-state index in [0.717, 1.165) is 5.82 Å². The van der Waals surface area contributed by atoms with Crippen molar-refractivity contribution in [1.29, 1.82) is 0 Å². The predicted octanol–water partition coefficient (Wildman–Crippen LogP) is 1.29. The lowest BCUT2D eigenvalue weighted by molar-refractivity contribution is 0.101. The molecule has 0 saturated heterocycles. The van der Waals surface area contributed by atoms with Crippen molar-refractivity contribution in [3.8, 4) is 0 Å². The van der Waals surface area contributed by atoms with Crippen molar-refractivity contribution < 1.29 is 13.2 Å². The number of hydrogen-bond acceptors (Lipinski definition) is 4. The number of imidazole rings is 1. The summed E-state index contributed by atoms with van der Waals surface area (Å²) in [7, 11) is -3.56. The molecule has 7 heteroatoms. The van der Waals surface area contributed by atoms with E-state index in [1.54, 1.807) is 18.3 Å². The van der Waals surface area contributed by atoms with Crippen molar-refractivity contribution in [2.45, 2.75) is 24.9 Å². The molecule has 0 radical (unpaired) electrons. The first kappa shape index (κ1) is 14.0. The first-order chi connectivity index (χ1) is 9.98. The van der Waals surface area contributed by atoms with Crippen molar-refractivity contribution in [1.82, 2.24) is 13.9 Å². The largest absolute Gasteiger partial charge is 0.333 e. The Labute approximate surface area is 123 Å². The number of sulfonamides is 1. The second kappa shape index (κ2) is 5.09. The summed E-state index contributed by atoms with van der Waals surface area (Å²) in [6.07, 6.45) is 3.52. The van der Waals surface area contributed by atoms with Crippen molar-refractivity contribution >= 4 is 15.8 Å². The van der Waals surface area contributed by atoms with Crippen LogP contribution in [0.5, 0.6) is 0 Å². The second-order valence-corrected chi connectivity index (χ2v) is 6.89. The number of Topliss-reactive ketones (excluding diaryl/α,β-unsaturated/α-hetero) is 1. The van der Waals surface area contributed by atoms with Gasteiger partial charge in [0.05, 0.1) is 11.4 Å². The summed E-state index contributed by atoms with van der Waals surface area (Å²) < 4.78 is 28.6. The average molecular weight is 305 g/mol. The van der Waals surface area contributed by atoms with Crippen LogP contribution in [0.1, 0.15) is 23.1 Å². The van der Waals surface area contributed by atoms with E-state index in [9.17, 15) is 13.2 Å². The highest BCUT2D eigenvalue weighted by atomic mass is 32.2. The molecule has 0 spiro atoms. The smallest absolute Gasteiger partial charge is 0.243 e. The van der Waals surface area contributed by atoms with Gasteiger partial charge in [0, 0.05) is 31.0 Å². The van der Waals surface area contributed by atoms with Crippen LogP contribution in [0.15, 0.2) is 41.6 Å². The summed E-state index contributed by atoms with van der Waals surface area (Å²) in [5, 5.41) is 0. The van der Waals surface area contributed by atoms with Crippen LogP contribution in [0.25, 0.3) is 0 Å². The van der Waals surface area contributed by atoms with Gasteiger partial charge in [-0.3, -0.25) is 4.79 Å². The lowest BCUT2D eigenvalue weighted by atomic mass is 10.2. The number of aromatic nitrogens is 2. The van der Waals surface area contributed by atoms with E-state index in [1.807, 2.05) is 10.8 Å². The number of ketones is 1. The molecule has 110 valence electrons. The van der Waals surface area contributed by atoms with E-state index < -0.39 is 10.0 Å². The maximum absolute atomic E-state index is 12.6. The second-order valence-electron chi connectivity index (χ2n) is 4.96. The van der Waals surface area contributed by atoms with Gasteiger partial charge in [-0.2, -0.15) is 4.31 Å². The standard InChI is InChI=1S/C14H15N3O3S/c1-11(18)12-2-4-13(5-3-12)21(19,20)17-9-8-16-7-6-15-14(16)10-17/h2-7H,8-10H2,1H3. The Morgan fingerprint density at radius 1 is 1.19 bits per heavy atom. The molecular formula is C14H15N3O3S. The number of carbonyl (C=O) groups excluding carboxylic acids is 1. The lowest BCUT2D eigenvalue weighted by Gasteiger charge is -2.26. The first-order valence-electron chi connectivity index (χ1n) is 6.59. The van der Waals surface area contributed by atoms with Crippen LogP contribution in [0.2, 0.25) is 0 Å². The highest BCUT2D eigenvalue weighted by molar-refractivity contribution is 7.89. The van der Waals surface area contributed by atoms with Crippen molar-refractivity contribution in [2.75, 3.05) is 6.54 Å². The normalized spacial score (nSPS) is 15.7. The van der Waals surface area contributed by atoms with Crippen LogP contribution in [0.4, 0.5) is 0 Å². The molecule has 2 aromatic rings. The van der Waals surface area contributed by atoms with Crippen LogP contribution < -0.4 is 0 Å². The van der Waals surface area contributed by atoms with Crippen LogP contribution in [-0.2, 0) is 23.1 Å². The molecule has 2 heterocycles. The monoisotopic (exact) mass is 305 g/mol. The topological polar surface area (TPSA) is 72.3 Å². The van der Waals surface area contributed by atoms with Gasteiger partial charge in [-0.05, 0) is 19.1 Å². The van der Waals surface area contributed by atoms with Crippen LogP contribution in [0.3, 0.4) is 0 Å². The molecule has 0 fully saturated rings. The zero-order valence-electron chi connectivity index (χ0n) is 11.6. The number of hydrogen-bond donors (Lipinski definition) is 0. The molecule has 0 N–H and O–H groups in total. The summed E-state index contributed by atoms with van der Waals surface area (Å²) in [5.41, 5.74) is 0.503. The van der Waals surface area contributed by atoms with E-state index in [4.69, 9.17) is 0 Å². The summed E-state index contributed by atoms with van der Waals surface area (Å²) in [6.45, 7) is 2.73. The van der Waals surface area contributed by atoms with Gasteiger partial charge in [-0.15, -0.1) is 0 Å². The van der Waals surface area contributed by atoms with Gasteiger partial charge >= 0.3 is 0 Å². The molecule has 0 amide bonds. The Balaban J connectivity index is 1.89. The molecule has 0 aliphatic carbocycles. The van der Waals surface area contributed by atoms with Gasteiger partial charge in [-0.1, -0.05) is 12.1 Å². The van der Waals surface area contributed by atoms with Crippen LogP contribution >= 0.6 is 0 Å². The zero-order valence-corrected chi connectivity index (χ0v) is 12.4. The van der Waals surface area contributed by atoms with Gasteiger partial charge in [0.25, 0.3) is 0 Å². The Hall–Kier alpha value is -1.99. The maximum Gasteiger partial charge on any atom is 0.243 e. The number of fused-ring (bicyclic) bond motifs is 1. The Kier molecular flexibility index (Phi) is 3.38. The first-order valence-corrected chi connectivity index (χ1v) is 8.03. The number of rotatable bonds is 3. The fraction of sp³-hybridized carbons (Fsp3) is 0.286. The lowest BCUT2D eigenvalue weighted by Crippen LogP contribution is -2.38. The van der Waals surface area contributed by atoms with Gasteiger partial charge in [0.15, 0.2) is 5.78 Å². The molecule has 1 aromatic heterocycles. The molecule has 0 unspecified atom stereocenters. The molecule has 0 saturated carbocycles. The third-order valence-corrected chi connectivity index (χ3v) is 5.47. The van der Waals surface area contributed by atoms with E-state index >= 15 is 0 Å². The number of carbonyl (C=O) groups is 1. The van der Waals surface area contributed by atoms with E-state index in [-0.39, 0.29) is 17.2 Å². The van der Waals surface area contributed by atoms with Crippen LogP contribution in [0, 0.1) is 0 Å². The van der Waals surface area contributed by atoms with E-state index in [2.05, 4.69) is 4.98 Å². The summed E-state index contributed by atoms with van der Waals surface area (Å²) >= 11 is 0. The van der Waals surface area contributed by atoms with Crippen LogP contribution in [-0.4, -0.2) is 34.6 Å². The van der Waals surface area contributed by atoms with Crippen molar-refractivity contribution in [3.63, 3.8) is 0 Å². The van der Waals surface area contributed by atoms with Gasteiger partial charge < -0.3 is 4.57 Å². The highest BCUT2D eigenvalue weighted by Crippen LogP contribution is 2.21. The van der Waals surface area contributed by atoms with Crippen molar-refractivity contribution in [3.05, 3.63) is 48.0 Å². The molecule has 0 bridgehead atoms. The number of nitrogens with zero attached hydrogens (tertiary/aromatic N) is 3. The van der Waals surface area contributed by atoms with E-state index in [1.165, 1.54) is 23.4 Å². The summed E-state index contributed by atoms with van der Waals surface area (Å²) in [6, 6.07) is 6.04. The van der Waals surface area contributed by atoms with Gasteiger partial charge in [0.2, 0.25) is 10.0 Å². The fourth-order valence-corrected chi connectivity index (χ4v) is 3.75. The Morgan fingerprint density at radius 2 is 1.90 bits per heavy atom. The highest BCUT2D eigenvalue weighted by Gasteiger charge is 2.28. The molecule has 1 aromatic carbocycles. The molecular weight excluding hydrogens is 290 g/mol. The summed E-state index contributed by atoms with van der Waals surface area (Å²) in [4.78, 5) is 15.6. The zero-order chi connectivity index (χ0) is 15.0. The molecule has 6 nitrogen and oxygen atoms in total. The average Bonchev–Trinajstić information content (AvgIpc) is 2.94. The minimum Gasteiger partial charge on any atom is -0.333 e. The van der Waals surface area contributed by atoms with Gasteiger partial charge in [-0.25, -0.2) is 13.4 Å². The fourth-order valence-electron chi connectivity index (χ4n) is 2.37. The molecule has 1 aliphatic heterocycles. The summed E-state index contributed by atoms with van der Waals surface area (Å²) in [5.74, 6) is 0.657. The molecule has 1 aliphatic rings. The van der Waals surface area contributed by atoms with Gasteiger partial charge in [0.1, 0.15) is 5.82 Å². The quantitative estimate of drug-likeness (QED) is 0.801. The van der Waals surface area contributed by atoms with Crippen molar-refractivity contribution in [2.24, 2.45) is 0 Å². The predicted molar refractivity (Wildman–Crippen MR) is 76.3 cm³/mol. The minimum atomic E-state index is -3.56. The number of benzene rings is 1. The maximum atomic E-state index is 12.6. The molecule has 0 atom stereocenters. The minimum absolute atomic E-state index is 0.0843. The molecule has 21 heavy (non-hydrogen) atoms. The SMILES string of the molecule is CC(=O)c1ccc(S(=O)(=O)N2CCn3ccnc3C2)cc1. The third-order valence-electron chi connectivity index (χ3n) is 3.61. The third kappa shape index (κ3) is 2.50. The molecule has 3 rings (SSSR count). The van der Waals surface area contributed by atoms with E-state index in [0.29, 0.717) is 18.7 Å². The Bertz CT molecular complexity index is 778.